The number of carbonyl (C=O) groups is 3. The van der Waals surface area contributed by atoms with Crippen molar-refractivity contribution in [2.24, 2.45) is 29.6 Å². The molecule has 9 heteroatoms. The Labute approximate surface area is 266 Å². The number of halogens is 1. The Morgan fingerprint density at radius 3 is 2.38 bits per heavy atom. The third-order valence-corrected chi connectivity index (χ3v) is 10.9. The first-order chi connectivity index (χ1) is 21.7. The third-order valence-electron chi connectivity index (χ3n) is 10.9. The van der Waals surface area contributed by atoms with Crippen LogP contribution in [0.5, 0.6) is 0 Å². The average Bonchev–Trinajstić information content (AvgIpc) is 3.71. The fourth-order valence-electron chi connectivity index (χ4n) is 7.96. The number of Topliss-reactive ketones (excluding diaryl/α,β-unsaturated/α-hetero) is 1. The van der Waals surface area contributed by atoms with Crippen LogP contribution in [0.4, 0.5) is 4.39 Å². The summed E-state index contributed by atoms with van der Waals surface area (Å²) in [5.41, 5.74) is 1.36. The molecule has 2 aromatic rings. The number of likely N-dealkylation sites (tertiary alicyclic amines) is 1. The predicted molar refractivity (Wildman–Crippen MR) is 169 cm³/mol. The molecule has 1 aromatic carbocycles. The van der Waals surface area contributed by atoms with E-state index in [4.69, 9.17) is 18.6 Å². The lowest BCUT2D eigenvalue weighted by Crippen LogP contribution is -2.48. The van der Waals surface area contributed by atoms with Crippen molar-refractivity contribution in [1.29, 1.82) is 0 Å². The van der Waals surface area contributed by atoms with Gasteiger partial charge in [0, 0.05) is 38.5 Å². The Balaban J connectivity index is 1.31. The van der Waals surface area contributed by atoms with Gasteiger partial charge in [0.1, 0.15) is 12.2 Å². The van der Waals surface area contributed by atoms with Gasteiger partial charge in [-0.2, -0.15) is 0 Å². The van der Waals surface area contributed by atoms with Crippen LogP contribution < -0.4 is 0 Å². The standard InChI is InChI=1S/C36H50FNO7/c1-22(20-37)25-6-8-27(9-7-25)35(40)38-16-15-30(26-10-12-29(43-4)13-11-26)34(38)31(39)18-24-5-14-32-28(17-24)19-33(45-32)36(41)44-21-23(2)42-3/h5,14,17,19,22-23,25-27,29-30,34H,6-13,15-16,18,20-21H2,1-4H3/t22-,23?,25?,26?,27?,29?,30+,34+/m1/s1. The van der Waals surface area contributed by atoms with Crippen LogP contribution in [0.2, 0.25) is 0 Å². The van der Waals surface area contributed by atoms with Gasteiger partial charge < -0.3 is 23.5 Å². The number of benzene rings is 1. The van der Waals surface area contributed by atoms with Crippen molar-refractivity contribution >= 4 is 28.6 Å². The van der Waals surface area contributed by atoms with Gasteiger partial charge in [0.25, 0.3) is 0 Å². The fraction of sp³-hybridized carbons (Fsp3) is 0.694. The average molecular weight is 628 g/mol. The molecule has 3 fully saturated rings. The van der Waals surface area contributed by atoms with E-state index in [9.17, 15) is 18.8 Å². The van der Waals surface area contributed by atoms with Crippen molar-refractivity contribution in [3.8, 4) is 0 Å². The highest BCUT2D eigenvalue weighted by Gasteiger charge is 2.47. The summed E-state index contributed by atoms with van der Waals surface area (Å²) in [6.45, 7) is 4.18. The number of methoxy groups -OCH3 is 2. The zero-order chi connectivity index (χ0) is 32.1. The summed E-state index contributed by atoms with van der Waals surface area (Å²) < 4.78 is 35.1. The smallest absolute Gasteiger partial charge is 0.374 e. The summed E-state index contributed by atoms with van der Waals surface area (Å²) in [5, 5.41) is 0.722. The van der Waals surface area contributed by atoms with Gasteiger partial charge in [0.15, 0.2) is 5.78 Å². The molecule has 1 aromatic heterocycles. The molecular weight excluding hydrogens is 577 g/mol. The number of furan rings is 1. The van der Waals surface area contributed by atoms with E-state index >= 15 is 0 Å². The molecule has 5 rings (SSSR count). The highest BCUT2D eigenvalue weighted by molar-refractivity contribution is 5.94. The molecule has 2 aliphatic carbocycles. The molecule has 0 N–H and O–H groups in total. The Morgan fingerprint density at radius 2 is 1.71 bits per heavy atom. The minimum absolute atomic E-state index is 0.0300. The summed E-state index contributed by atoms with van der Waals surface area (Å²) >= 11 is 0. The molecule has 0 spiro atoms. The highest BCUT2D eigenvalue weighted by atomic mass is 19.1. The zero-order valence-corrected chi connectivity index (χ0v) is 27.3. The molecular formula is C36H50FNO7. The molecule has 45 heavy (non-hydrogen) atoms. The van der Waals surface area contributed by atoms with E-state index in [-0.39, 0.29) is 67.1 Å². The number of ether oxygens (including phenoxy) is 3. The van der Waals surface area contributed by atoms with Gasteiger partial charge in [-0.25, -0.2) is 4.79 Å². The number of esters is 1. The van der Waals surface area contributed by atoms with Crippen LogP contribution in [-0.2, 0) is 30.2 Å². The van der Waals surface area contributed by atoms with Crippen molar-refractivity contribution < 1.29 is 37.4 Å². The number of rotatable bonds is 12. The summed E-state index contributed by atoms with van der Waals surface area (Å²) in [5.74, 6) is 0.484. The van der Waals surface area contributed by atoms with Crippen molar-refractivity contribution in [2.45, 2.75) is 96.3 Å². The summed E-state index contributed by atoms with van der Waals surface area (Å²) in [7, 11) is 3.32. The lowest BCUT2D eigenvalue weighted by atomic mass is 9.74. The maximum absolute atomic E-state index is 14.2. The number of fused-ring (bicyclic) bond motifs is 1. The van der Waals surface area contributed by atoms with E-state index in [1.54, 1.807) is 26.4 Å². The molecule has 8 nitrogen and oxygen atoms in total. The molecule has 1 saturated heterocycles. The summed E-state index contributed by atoms with van der Waals surface area (Å²) in [4.78, 5) is 42.6. The van der Waals surface area contributed by atoms with Crippen LogP contribution in [0.15, 0.2) is 28.7 Å². The van der Waals surface area contributed by atoms with E-state index in [0.717, 1.165) is 68.7 Å². The first-order valence-corrected chi connectivity index (χ1v) is 16.9. The normalized spacial score (nSPS) is 28.6. The van der Waals surface area contributed by atoms with E-state index in [2.05, 4.69) is 0 Å². The topological polar surface area (TPSA) is 95.3 Å². The summed E-state index contributed by atoms with van der Waals surface area (Å²) in [6.07, 6.45) is 8.31. The second kappa shape index (κ2) is 15.2. The fourth-order valence-corrected chi connectivity index (χ4v) is 7.96. The van der Waals surface area contributed by atoms with E-state index in [1.165, 1.54) is 0 Å². The van der Waals surface area contributed by atoms with Crippen molar-refractivity contribution in [1.82, 2.24) is 4.90 Å². The second-order valence-corrected chi connectivity index (χ2v) is 13.7. The molecule has 0 radical (unpaired) electrons. The Morgan fingerprint density at radius 1 is 0.978 bits per heavy atom. The second-order valence-electron chi connectivity index (χ2n) is 13.7. The van der Waals surface area contributed by atoms with E-state index in [0.29, 0.717) is 24.0 Å². The van der Waals surface area contributed by atoms with E-state index < -0.39 is 12.0 Å². The lowest BCUT2D eigenvalue weighted by molar-refractivity contribution is -0.143. The minimum Gasteiger partial charge on any atom is -0.457 e. The molecule has 248 valence electrons. The van der Waals surface area contributed by atoms with Crippen molar-refractivity contribution in [3.63, 3.8) is 0 Å². The van der Waals surface area contributed by atoms with Crippen LogP contribution in [-0.4, -0.2) is 74.9 Å². The van der Waals surface area contributed by atoms with Gasteiger partial charge in [-0.3, -0.25) is 14.0 Å². The van der Waals surface area contributed by atoms with Crippen LogP contribution in [0.25, 0.3) is 11.0 Å². The first-order valence-electron chi connectivity index (χ1n) is 16.9. The molecule has 3 aliphatic rings. The van der Waals surface area contributed by atoms with Crippen molar-refractivity contribution in [3.05, 3.63) is 35.6 Å². The number of nitrogens with zero attached hydrogens (tertiary/aromatic N) is 1. The quantitative estimate of drug-likeness (QED) is 0.246. The van der Waals surface area contributed by atoms with Gasteiger partial charge in [0.2, 0.25) is 11.7 Å². The summed E-state index contributed by atoms with van der Waals surface area (Å²) in [6, 6.07) is 6.73. The molecule has 1 amide bonds. The van der Waals surface area contributed by atoms with E-state index in [1.807, 2.05) is 30.9 Å². The Bertz CT molecular complexity index is 1310. The van der Waals surface area contributed by atoms with Gasteiger partial charge in [0.05, 0.1) is 24.9 Å². The van der Waals surface area contributed by atoms with Crippen LogP contribution in [0, 0.1) is 29.6 Å². The maximum Gasteiger partial charge on any atom is 0.374 e. The Hall–Kier alpha value is -2.78. The lowest BCUT2D eigenvalue weighted by Gasteiger charge is -2.37. The highest BCUT2D eigenvalue weighted by Crippen LogP contribution is 2.42. The largest absolute Gasteiger partial charge is 0.457 e. The van der Waals surface area contributed by atoms with Gasteiger partial charge in [-0.05, 0) is 112 Å². The molecule has 0 bridgehead atoms. The van der Waals surface area contributed by atoms with Crippen LogP contribution in [0.3, 0.4) is 0 Å². The minimum atomic E-state index is -0.563. The number of carbonyl (C=O) groups excluding carboxylic acids is 3. The molecule has 2 heterocycles. The molecule has 2 saturated carbocycles. The number of amides is 1. The number of hydrogen-bond donors (Lipinski definition) is 0. The molecule has 1 aliphatic heterocycles. The number of ketones is 1. The van der Waals surface area contributed by atoms with Crippen molar-refractivity contribution in [2.75, 3.05) is 34.0 Å². The van der Waals surface area contributed by atoms with Gasteiger partial charge in [-0.1, -0.05) is 13.0 Å². The predicted octanol–water partition coefficient (Wildman–Crippen LogP) is 6.57. The first kappa shape index (κ1) is 33.6. The number of hydrogen-bond acceptors (Lipinski definition) is 7. The third kappa shape index (κ3) is 7.79. The van der Waals surface area contributed by atoms with Gasteiger partial charge in [-0.15, -0.1) is 0 Å². The molecule has 4 atom stereocenters. The monoisotopic (exact) mass is 627 g/mol. The SMILES string of the molecule is COC(C)COC(=O)c1cc2cc(CC(=O)[C@@H]3[C@H](C4CCC(OC)CC4)CCN3C(=O)C3CCC([C@H](C)CF)CC3)ccc2o1. The van der Waals surface area contributed by atoms with Gasteiger partial charge >= 0.3 is 5.97 Å². The molecule has 1 unspecified atom stereocenters. The van der Waals surface area contributed by atoms with Crippen LogP contribution in [0.1, 0.15) is 87.8 Å². The maximum atomic E-state index is 14.2. The number of alkyl halides is 1. The Kier molecular flexibility index (Phi) is 11.3. The van der Waals surface area contributed by atoms with Crippen LogP contribution >= 0.6 is 0 Å². The zero-order valence-electron chi connectivity index (χ0n) is 27.3.